The van der Waals surface area contributed by atoms with E-state index >= 15 is 0 Å². The predicted octanol–water partition coefficient (Wildman–Crippen LogP) is 2.07. The van der Waals surface area contributed by atoms with Gasteiger partial charge in [-0.05, 0) is 18.9 Å². The molecular weight excluding hydrogens is 260 g/mol. The van der Waals surface area contributed by atoms with Gasteiger partial charge in [-0.1, -0.05) is 25.7 Å². The van der Waals surface area contributed by atoms with Crippen LogP contribution in [0.25, 0.3) is 0 Å². The largest absolute Gasteiger partial charge is 0.388 e. The van der Waals surface area contributed by atoms with Crippen LogP contribution in [0.15, 0.2) is 12.1 Å². The van der Waals surface area contributed by atoms with Crippen molar-refractivity contribution in [1.82, 2.24) is 4.98 Å². The van der Waals surface area contributed by atoms with Gasteiger partial charge in [0, 0.05) is 12.6 Å². The van der Waals surface area contributed by atoms with Crippen molar-refractivity contribution in [3.05, 3.63) is 22.2 Å². The van der Waals surface area contributed by atoms with Crippen molar-refractivity contribution in [2.45, 2.75) is 44.1 Å². The third-order valence-electron chi connectivity index (χ3n) is 3.71. The fraction of sp³-hybridized carbons (Fsp3) is 0.615. The number of aliphatic hydroxyl groups is 1. The van der Waals surface area contributed by atoms with Gasteiger partial charge < -0.3 is 16.2 Å². The molecule has 4 N–H and O–H groups in total. The van der Waals surface area contributed by atoms with Gasteiger partial charge in [-0.3, -0.25) is 10.1 Å². The summed E-state index contributed by atoms with van der Waals surface area (Å²) in [6, 6.07) is 2.71. The van der Waals surface area contributed by atoms with E-state index in [4.69, 9.17) is 5.73 Å². The number of nitrogens with zero attached hydrogens (tertiary/aromatic N) is 2. The van der Waals surface area contributed by atoms with Gasteiger partial charge in [0.15, 0.2) is 0 Å². The topological polar surface area (TPSA) is 114 Å². The Morgan fingerprint density at radius 3 is 2.60 bits per heavy atom. The highest BCUT2D eigenvalue weighted by Crippen LogP contribution is 2.29. The molecule has 1 saturated carbocycles. The van der Waals surface area contributed by atoms with Crippen LogP contribution < -0.4 is 11.1 Å². The molecule has 2 rings (SSSR count). The smallest absolute Gasteiger partial charge is 0.311 e. The van der Waals surface area contributed by atoms with Crippen LogP contribution in [-0.2, 0) is 0 Å². The summed E-state index contributed by atoms with van der Waals surface area (Å²) in [7, 11) is 0. The molecule has 1 aliphatic rings. The molecule has 0 bridgehead atoms. The van der Waals surface area contributed by atoms with Gasteiger partial charge in [0.2, 0.25) is 5.82 Å². The van der Waals surface area contributed by atoms with E-state index in [0.29, 0.717) is 12.8 Å². The highest BCUT2D eigenvalue weighted by Gasteiger charge is 2.29. The molecule has 1 fully saturated rings. The second-order valence-corrected chi connectivity index (χ2v) is 5.35. The van der Waals surface area contributed by atoms with Gasteiger partial charge in [0.25, 0.3) is 0 Å². The lowest BCUT2D eigenvalue weighted by Crippen LogP contribution is -2.36. The Morgan fingerprint density at radius 1 is 1.35 bits per heavy atom. The minimum Gasteiger partial charge on any atom is -0.388 e. The molecule has 20 heavy (non-hydrogen) atoms. The van der Waals surface area contributed by atoms with Crippen molar-refractivity contribution in [3.8, 4) is 0 Å². The lowest BCUT2D eigenvalue weighted by molar-refractivity contribution is -0.384. The number of nitrogens with two attached hydrogens (primary N) is 1. The Bertz CT molecular complexity index is 485. The minimum atomic E-state index is -0.823. The number of nitrogens with one attached hydrogen (secondary N) is 1. The number of nitrogen functional groups attached to an aromatic ring is 1. The maximum atomic E-state index is 10.9. The third kappa shape index (κ3) is 3.57. The summed E-state index contributed by atoms with van der Waals surface area (Å²) in [4.78, 5) is 14.4. The average molecular weight is 280 g/mol. The van der Waals surface area contributed by atoms with Crippen LogP contribution in [0.1, 0.15) is 38.5 Å². The van der Waals surface area contributed by atoms with E-state index in [-0.39, 0.29) is 23.9 Å². The third-order valence-corrected chi connectivity index (χ3v) is 3.71. The molecule has 110 valence electrons. The maximum Gasteiger partial charge on any atom is 0.311 e. The second-order valence-electron chi connectivity index (χ2n) is 5.35. The summed E-state index contributed by atoms with van der Waals surface area (Å²) >= 11 is 0. The monoisotopic (exact) mass is 280 g/mol. The molecule has 7 heteroatoms. The molecular formula is C13H20N4O3. The summed E-state index contributed by atoms with van der Waals surface area (Å²) in [6.07, 6.45) is 5.61. The van der Waals surface area contributed by atoms with Crippen molar-refractivity contribution in [3.63, 3.8) is 0 Å². The van der Waals surface area contributed by atoms with Crippen molar-refractivity contribution in [2.24, 2.45) is 0 Å². The van der Waals surface area contributed by atoms with E-state index in [1.807, 2.05) is 0 Å². The predicted molar refractivity (Wildman–Crippen MR) is 76.4 cm³/mol. The normalized spacial score (nSPS) is 18.2. The SMILES string of the molecule is Nc1ccc([N+](=O)[O-])c(NCC2(O)CCCCCC2)n1. The number of hydrogen-bond acceptors (Lipinski definition) is 6. The number of anilines is 2. The van der Waals surface area contributed by atoms with Crippen molar-refractivity contribution in [2.75, 3.05) is 17.6 Å². The molecule has 0 unspecified atom stereocenters. The van der Waals surface area contributed by atoms with Crippen LogP contribution in [0.5, 0.6) is 0 Å². The van der Waals surface area contributed by atoms with Crippen molar-refractivity contribution in [1.29, 1.82) is 0 Å². The van der Waals surface area contributed by atoms with Gasteiger partial charge in [-0.2, -0.15) is 0 Å². The number of aromatic nitrogens is 1. The zero-order valence-electron chi connectivity index (χ0n) is 11.3. The quantitative estimate of drug-likeness (QED) is 0.442. The first kappa shape index (κ1) is 14.5. The highest BCUT2D eigenvalue weighted by molar-refractivity contribution is 5.59. The standard InChI is InChI=1S/C13H20N4O3/c14-11-6-5-10(17(19)20)12(16-11)15-9-13(18)7-3-1-2-4-8-13/h5-6,18H,1-4,7-9H2,(H3,14,15,16). The van der Waals surface area contributed by atoms with E-state index in [9.17, 15) is 15.2 Å². The number of rotatable bonds is 4. The number of pyridine rings is 1. The lowest BCUT2D eigenvalue weighted by Gasteiger charge is -2.27. The van der Waals surface area contributed by atoms with Crippen LogP contribution in [0, 0.1) is 10.1 Å². The molecule has 0 aromatic carbocycles. The van der Waals surface area contributed by atoms with Gasteiger partial charge in [0.1, 0.15) is 5.82 Å². The first-order valence-electron chi connectivity index (χ1n) is 6.87. The van der Waals surface area contributed by atoms with Crippen LogP contribution in [0.2, 0.25) is 0 Å². The zero-order valence-corrected chi connectivity index (χ0v) is 11.3. The van der Waals surface area contributed by atoms with E-state index in [1.54, 1.807) is 0 Å². The Morgan fingerprint density at radius 2 is 2.00 bits per heavy atom. The van der Waals surface area contributed by atoms with Gasteiger partial charge >= 0.3 is 5.69 Å². The minimum absolute atomic E-state index is 0.118. The Labute approximate surface area is 117 Å². The molecule has 1 aromatic heterocycles. The lowest BCUT2D eigenvalue weighted by atomic mass is 9.94. The van der Waals surface area contributed by atoms with Gasteiger partial charge in [0.05, 0.1) is 10.5 Å². The van der Waals surface area contributed by atoms with E-state index in [1.165, 1.54) is 12.1 Å². The fourth-order valence-corrected chi connectivity index (χ4v) is 2.56. The van der Waals surface area contributed by atoms with Crippen molar-refractivity contribution < 1.29 is 10.0 Å². The Balaban J connectivity index is 2.09. The van der Waals surface area contributed by atoms with Crippen LogP contribution >= 0.6 is 0 Å². The van der Waals surface area contributed by atoms with Gasteiger partial charge in [-0.25, -0.2) is 4.98 Å². The summed E-state index contributed by atoms with van der Waals surface area (Å²) in [6.45, 7) is 0.254. The molecule has 1 aliphatic carbocycles. The maximum absolute atomic E-state index is 10.9. The van der Waals surface area contributed by atoms with Crippen molar-refractivity contribution >= 4 is 17.3 Å². The first-order chi connectivity index (χ1) is 9.50. The number of hydrogen-bond donors (Lipinski definition) is 3. The second kappa shape index (κ2) is 6.04. The summed E-state index contributed by atoms with van der Waals surface area (Å²) in [5.41, 5.74) is 4.61. The molecule has 7 nitrogen and oxygen atoms in total. The Kier molecular flexibility index (Phi) is 4.39. The molecule has 1 heterocycles. The molecule has 1 aromatic rings. The van der Waals surface area contributed by atoms with Crippen LogP contribution in [0.3, 0.4) is 0 Å². The molecule has 0 atom stereocenters. The zero-order chi connectivity index (χ0) is 14.6. The van der Waals surface area contributed by atoms with Gasteiger partial charge in [-0.15, -0.1) is 0 Å². The highest BCUT2D eigenvalue weighted by atomic mass is 16.6. The number of nitro groups is 1. The average Bonchev–Trinajstić information content (AvgIpc) is 2.62. The molecule has 0 radical (unpaired) electrons. The molecule has 0 spiro atoms. The summed E-state index contributed by atoms with van der Waals surface area (Å²) < 4.78 is 0. The van der Waals surface area contributed by atoms with E-state index < -0.39 is 10.5 Å². The summed E-state index contributed by atoms with van der Waals surface area (Å²) in [5.74, 6) is 0.332. The fourth-order valence-electron chi connectivity index (χ4n) is 2.56. The van der Waals surface area contributed by atoms with E-state index in [2.05, 4.69) is 10.3 Å². The summed E-state index contributed by atoms with van der Waals surface area (Å²) in [5, 5.41) is 24.4. The van der Waals surface area contributed by atoms with Crippen LogP contribution in [0.4, 0.5) is 17.3 Å². The Hall–Kier alpha value is -1.89. The molecule has 0 aliphatic heterocycles. The van der Waals surface area contributed by atoms with Crippen LogP contribution in [-0.4, -0.2) is 27.2 Å². The molecule has 0 amide bonds. The first-order valence-corrected chi connectivity index (χ1v) is 6.87. The molecule has 0 saturated heterocycles. The van der Waals surface area contributed by atoms with E-state index in [0.717, 1.165) is 25.7 Å².